The highest BCUT2D eigenvalue weighted by Gasteiger charge is 2.35. The molecule has 2 amide bonds. The molecule has 0 aliphatic carbocycles. The number of hydrogen-bond acceptors (Lipinski definition) is 4. The summed E-state index contributed by atoms with van der Waals surface area (Å²) in [5.74, 6) is 0.468. The number of hydrogen-bond donors (Lipinski definition) is 2. The van der Waals surface area contributed by atoms with Crippen molar-refractivity contribution in [2.45, 2.75) is 58.6 Å². The van der Waals surface area contributed by atoms with E-state index in [4.69, 9.17) is 4.74 Å². The van der Waals surface area contributed by atoms with Crippen LogP contribution in [-0.2, 0) is 17.9 Å². The van der Waals surface area contributed by atoms with E-state index in [1.165, 1.54) is 31.2 Å². The van der Waals surface area contributed by atoms with Gasteiger partial charge in [0.15, 0.2) is 6.54 Å². The molecule has 1 unspecified atom stereocenters. The molecule has 0 aliphatic heterocycles. The van der Waals surface area contributed by atoms with Crippen LogP contribution in [0.15, 0.2) is 91.0 Å². The minimum atomic E-state index is -1.02. The number of thiophene rings is 1. The van der Waals surface area contributed by atoms with Gasteiger partial charge in [-0.25, -0.2) is 14.1 Å². The number of carboxylic acid groups (broad SMARTS) is 1. The first-order chi connectivity index (χ1) is 20.3. The lowest BCUT2D eigenvalue weighted by Crippen LogP contribution is -2.53. The van der Waals surface area contributed by atoms with E-state index in [1.807, 2.05) is 30.3 Å². The molecular weight excluding hydrogens is 544 g/mol. The van der Waals surface area contributed by atoms with E-state index in [9.17, 15) is 14.7 Å². The zero-order chi connectivity index (χ0) is 30.0. The van der Waals surface area contributed by atoms with Crippen molar-refractivity contribution in [1.29, 1.82) is 0 Å². The summed E-state index contributed by atoms with van der Waals surface area (Å²) < 4.78 is 5.77. The lowest BCUT2D eigenvalue weighted by molar-refractivity contribution is -0.833. The van der Waals surface area contributed by atoms with Crippen LogP contribution in [0.2, 0.25) is 0 Å². The topological polar surface area (TPSA) is 75.6 Å². The maximum Gasteiger partial charge on any atom is 0.421 e. The van der Waals surface area contributed by atoms with Crippen molar-refractivity contribution in [3.05, 3.63) is 107 Å². The van der Waals surface area contributed by atoms with Gasteiger partial charge >= 0.3 is 12.0 Å². The highest BCUT2D eigenvalue weighted by atomic mass is 32.1. The fraction of sp³-hybridized carbons (Fsp3) is 0.314. The Morgan fingerprint density at radius 2 is 1.55 bits per heavy atom. The third-order valence-electron chi connectivity index (χ3n) is 7.44. The van der Waals surface area contributed by atoms with Gasteiger partial charge in [0.2, 0.25) is 0 Å². The van der Waals surface area contributed by atoms with Crippen molar-refractivity contribution in [2.24, 2.45) is 0 Å². The van der Waals surface area contributed by atoms with E-state index >= 15 is 0 Å². The number of carbonyl (C=O) groups is 2. The summed E-state index contributed by atoms with van der Waals surface area (Å²) in [6.07, 6.45) is 4.83. The number of nitrogens with zero attached hydrogens (tertiary/aromatic N) is 1. The molecule has 0 radical (unpaired) electrons. The first kappa shape index (κ1) is 31.0. The summed E-state index contributed by atoms with van der Waals surface area (Å²) in [4.78, 5) is 26.8. The third kappa shape index (κ3) is 8.54. The average Bonchev–Trinajstić information content (AvgIpc) is 3.44. The van der Waals surface area contributed by atoms with Crippen LogP contribution >= 0.6 is 11.3 Å². The monoisotopic (exact) mass is 585 g/mol. The van der Waals surface area contributed by atoms with Crippen LogP contribution in [0, 0.1) is 0 Å². The number of nitrogens with one attached hydrogen (secondary N) is 1. The Morgan fingerprint density at radius 3 is 2.17 bits per heavy atom. The van der Waals surface area contributed by atoms with E-state index in [-0.39, 0.29) is 23.6 Å². The second-order valence-electron chi connectivity index (χ2n) is 11.0. The number of aliphatic carboxylic acids is 1. The van der Waals surface area contributed by atoms with Gasteiger partial charge in [-0.3, -0.25) is 5.32 Å². The Balaban J connectivity index is 1.37. The molecule has 1 atom stereocenters. The van der Waals surface area contributed by atoms with Crippen molar-refractivity contribution in [2.75, 3.05) is 18.9 Å². The van der Waals surface area contributed by atoms with E-state index in [1.54, 1.807) is 30.5 Å². The number of urea groups is 1. The van der Waals surface area contributed by atoms with Crippen LogP contribution < -0.4 is 10.1 Å². The van der Waals surface area contributed by atoms with Gasteiger partial charge in [-0.2, -0.15) is 0 Å². The molecule has 4 aromatic rings. The molecular formula is C35H41N2O4S+. The molecule has 0 fully saturated rings. The van der Waals surface area contributed by atoms with Gasteiger partial charge in [-0.15, -0.1) is 11.3 Å². The van der Waals surface area contributed by atoms with Crippen molar-refractivity contribution in [3.8, 4) is 16.2 Å². The summed E-state index contributed by atoms with van der Waals surface area (Å²) in [6.45, 7) is 4.94. The van der Waals surface area contributed by atoms with Gasteiger partial charge in [0.1, 0.15) is 18.9 Å². The summed E-state index contributed by atoms with van der Waals surface area (Å²) in [5, 5.41) is 12.4. The van der Waals surface area contributed by atoms with Gasteiger partial charge in [0.05, 0.1) is 11.9 Å². The molecule has 0 bridgehead atoms. The number of anilines is 1. The maximum atomic E-state index is 13.1. The van der Waals surface area contributed by atoms with Gasteiger partial charge in [0.25, 0.3) is 0 Å². The summed E-state index contributed by atoms with van der Waals surface area (Å²) in [7, 11) is 1.66. The molecule has 0 saturated carbocycles. The molecule has 6 nitrogen and oxygen atoms in total. The van der Waals surface area contributed by atoms with Crippen molar-refractivity contribution < 1.29 is 23.9 Å². The number of amides is 2. The molecule has 1 heterocycles. The molecule has 0 spiro atoms. The quantitative estimate of drug-likeness (QED) is 0.145. The molecule has 1 aromatic heterocycles. The molecule has 4 rings (SSSR count). The molecule has 7 heteroatoms. The summed E-state index contributed by atoms with van der Waals surface area (Å²) >= 11 is 1.57. The zero-order valence-electron chi connectivity index (χ0n) is 24.7. The van der Waals surface area contributed by atoms with Gasteiger partial charge < -0.3 is 9.84 Å². The number of ether oxygens (including phenoxy) is 1. The normalized spacial score (nSPS) is 12.6. The van der Waals surface area contributed by atoms with Crippen molar-refractivity contribution in [3.63, 3.8) is 0 Å². The second kappa shape index (κ2) is 14.8. The van der Waals surface area contributed by atoms with Crippen LogP contribution in [0.1, 0.15) is 61.5 Å². The van der Waals surface area contributed by atoms with E-state index in [0.717, 1.165) is 26.6 Å². The number of carboxylic acids is 1. The van der Waals surface area contributed by atoms with E-state index < -0.39 is 5.97 Å². The highest BCUT2D eigenvalue weighted by Crippen LogP contribution is 2.31. The Morgan fingerprint density at radius 1 is 0.881 bits per heavy atom. The predicted octanol–water partition coefficient (Wildman–Crippen LogP) is 8.94. The highest BCUT2D eigenvalue weighted by molar-refractivity contribution is 7.15. The molecule has 42 heavy (non-hydrogen) atoms. The molecule has 2 N–H and O–H groups in total. The molecule has 0 aliphatic rings. The predicted molar refractivity (Wildman–Crippen MR) is 171 cm³/mol. The van der Waals surface area contributed by atoms with Crippen molar-refractivity contribution >= 4 is 29.0 Å². The van der Waals surface area contributed by atoms with E-state index in [0.29, 0.717) is 18.2 Å². The summed E-state index contributed by atoms with van der Waals surface area (Å²) in [5.41, 5.74) is 4.18. The van der Waals surface area contributed by atoms with Crippen LogP contribution in [0.3, 0.4) is 0 Å². The minimum absolute atomic E-state index is 0.276. The number of carbonyl (C=O) groups excluding carboxylic acids is 1. The Labute approximate surface area is 253 Å². The zero-order valence-corrected chi connectivity index (χ0v) is 25.5. The van der Waals surface area contributed by atoms with Gasteiger partial charge in [0, 0.05) is 10.6 Å². The standard InChI is InChI=1S/C35H40N2O4S/c1-4-9-27(10-5-2)28-17-19-31(20-18-28)41-25-26-13-15-29(16-14-26)33-22-21-32(42-33)23-37(3,24-34(38)39)35(40)36-30-11-7-6-8-12-30/h6-8,11-22,27H,4-5,9-10,23-25H2,1-3H3,(H-,36,38,39,40)/p+1. The first-order valence-electron chi connectivity index (χ1n) is 14.6. The molecule has 220 valence electrons. The Bertz CT molecular complexity index is 1430. The largest absolute Gasteiger partial charge is 0.489 e. The fourth-order valence-corrected chi connectivity index (χ4v) is 6.34. The van der Waals surface area contributed by atoms with Crippen LogP contribution in [0.25, 0.3) is 10.4 Å². The number of quaternary nitrogens is 1. The number of likely N-dealkylation sites (N-methyl/N-ethyl adjacent to an activating group) is 1. The second-order valence-corrected chi connectivity index (χ2v) is 12.2. The third-order valence-corrected chi connectivity index (χ3v) is 8.55. The average molecular weight is 586 g/mol. The number of para-hydroxylation sites is 1. The van der Waals surface area contributed by atoms with E-state index in [2.05, 4.69) is 67.7 Å². The molecule has 0 saturated heterocycles. The molecule has 3 aromatic carbocycles. The Kier molecular flexibility index (Phi) is 10.9. The lowest BCUT2D eigenvalue weighted by atomic mass is 9.90. The smallest absolute Gasteiger partial charge is 0.421 e. The number of benzene rings is 3. The van der Waals surface area contributed by atoms with Gasteiger partial charge in [-0.1, -0.05) is 81.3 Å². The van der Waals surface area contributed by atoms with Crippen LogP contribution in [0.5, 0.6) is 5.75 Å². The Hall–Kier alpha value is -3.94. The fourth-order valence-electron chi connectivity index (χ4n) is 5.18. The summed E-state index contributed by atoms with van der Waals surface area (Å²) in [6, 6.07) is 29.6. The van der Waals surface area contributed by atoms with Crippen LogP contribution in [-0.4, -0.2) is 35.2 Å². The van der Waals surface area contributed by atoms with Crippen molar-refractivity contribution in [1.82, 2.24) is 0 Å². The minimum Gasteiger partial charge on any atom is -0.489 e. The SMILES string of the molecule is CCCC(CCC)c1ccc(OCc2ccc(-c3ccc(C[N+](C)(CC(=O)O)C(=O)Nc4ccccc4)s3)cc2)cc1. The number of rotatable bonds is 14. The van der Waals surface area contributed by atoms with Crippen LogP contribution in [0.4, 0.5) is 10.5 Å². The first-order valence-corrected chi connectivity index (χ1v) is 15.4. The lowest BCUT2D eigenvalue weighted by Gasteiger charge is -2.29. The van der Waals surface area contributed by atoms with Gasteiger partial charge in [-0.05, 0) is 71.8 Å². The maximum absolute atomic E-state index is 13.1.